The largest absolute Gasteiger partial charge is 0.323 e. The van der Waals surface area contributed by atoms with Crippen molar-refractivity contribution in [2.75, 3.05) is 13.6 Å². The van der Waals surface area contributed by atoms with Gasteiger partial charge in [0.2, 0.25) is 0 Å². The van der Waals surface area contributed by atoms with E-state index in [9.17, 15) is 8.78 Å². The van der Waals surface area contributed by atoms with E-state index in [0.29, 0.717) is 18.2 Å². The molecule has 1 aromatic carbocycles. The Morgan fingerprint density at radius 2 is 2.06 bits per heavy atom. The molecule has 0 bridgehead atoms. The molecular formula is C14H20F2N2. The third-order valence-electron chi connectivity index (χ3n) is 3.85. The fraction of sp³-hybridized carbons (Fsp3) is 0.571. The van der Waals surface area contributed by atoms with Gasteiger partial charge in [-0.1, -0.05) is 6.07 Å². The molecule has 0 heterocycles. The highest BCUT2D eigenvalue weighted by atomic mass is 19.1. The normalized spacial score (nSPS) is 19.0. The number of hydrogen-bond donors (Lipinski definition) is 1. The van der Waals surface area contributed by atoms with Crippen LogP contribution in [0.2, 0.25) is 0 Å². The van der Waals surface area contributed by atoms with Crippen LogP contribution in [0.1, 0.15) is 31.4 Å². The third kappa shape index (κ3) is 3.06. The maximum absolute atomic E-state index is 13.6. The topological polar surface area (TPSA) is 29.3 Å². The van der Waals surface area contributed by atoms with Crippen molar-refractivity contribution in [1.29, 1.82) is 0 Å². The first-order valence-corrected chi connectivity index (χ1v) is 6.40. The summed E-state index contributed by atoms with van der Waals surface area (Å²) in [6.07, 6.45) is 2.54. The van der Waals surface area contributed by atoms with Gasteiger partial charge in [-0.15, -0.1) is 0 Å². The van der Waals surface area contributed by atoms with Crippen LogP contribution in [0.5, 0.6) is 0 Å². The highest BCUT2D eigenvalue weighted by molar-refractivity contribution is 5.22. The fourth-order valence-corrected chi connectivity index (χ4v) is 2.32. The molecule has 2 nitrogen and oxygen atoms in total. The first-order valence-electron chi connectivity index (χ1n) is 6.40. The summed E-state index contributed by atoms with van der Waals surface area (Å²) in [5, 5.41) is 0. The van der Waals surface area contributed by atoms with E-state index in [1.807, 2.05) is 7.05 Å². The Morgan fingerprint density at radius 3 is 2.61 bits per heavy atom. The summed E-state index contributed by atoms with van der Waals surface area (Å²) in [6, 6.07) is 3.63. The van der Waals surface area contributed by atoms with Crippen molar-refractivity contribution in [3.63, 3.8) is 0 Å². The quantitative estimate of drug-likeness (QED) is 0.875. The first-order chi connectivity index (χ1) is 8.49. The minimum absolute atomic E-state index is 0.381. The molecule has 1 aliphatic carbocycles. The zero-order chi connectivity index (χ0) is 13.3. The van der Waals surface area contributed by atoms with Crippen LogP contribution in [0.25, 0.3) is 0 Å². The molecule has 18 heavy (non-hydrogen) atoms. The second-order valence-electron chi connectivity index (χ2n) is 5.29. The molecule has 0 aromatic heterocycles. The summed E-state index contributed by atoms with van der Waals surface area (Å²) in [5.41, 5.74) is 6.38. The molecule has 2 atom stereocenters. The van der Waals surface area contributed by atoms with Crippen LogP contribution in [-0.4, -0.2) is 24.5 Å². The average molecular weight is 254 g/mol. The van der Waals surface area contributed by atoms with Crippen molar-refractivity contribution in [2.24, 2.45) is 11.7 Å². The van der Waals surface area contributed by atoms with Gasteiger partial charge in [0.1, 0.15) is 11.6 Å². The number of benzene rings is 1. The van der Waals surface area contributed by atoms with Gasteiger partial charge < -0.3 is 10.6 Å². The van der Waals surface area contributed by atoms with Crippen LogP contribution in [0.3, 0.4) is 0 Å². The van der Waals surface area contributed by atoms with Crippen molar-refractivity contribution in [3.8, 4) is 0 Å². The Hall–Kier alpha value is -1.00. The van der Waals surface area contributed by atoms with E-state index < -0.39 is 17.7 Å². The summed E-state index contributed by atoms with van der Waals surface area (Å²) < 4.78 is 26.4. The Bertz CT molecular complexity index is 418. The number of nitrogens with two attached hydrogens (primary N) is 1. The standard InChI is InChI=1S/C14H20F2N2/c1-9(10-3-4-10)18(2)8-14(17)12-6-5-11(15)7-13(12)16/h5-7,9-10,14H,3-4,8,17H2,1-2H3. The molecule has 2 N–H and O–H groups in total. The number of hydrogen-bond acceptors (Lipinski definition) is 2. The summed E-state index contributed by atoms with van der Waals surface area (Å²) in [4.78, 5) is 2.16. The summed E-state index contributed by atoms with van der Waals surface area (Å²) in [5.74, 6) is -0.376. The predicted octanol–water partition coefficient (Wildman–Crippen LogP) is 2.69. The van der Waals surface area contributed by atoms with E-state index in [2.05, 4.69) is 11.8 Å². The maximum Gasteiger partial charge on any atom is 0.130 e. The number of halogens is 2. The Labute approximate surface area is 107 Å². The van der Waals surface area contributed by atoms with Gasteiger partial charge in [0, 0.05) is 30.3 Å². The Balaban J connectivity index is 1.99. The molecule has 4 heteroatoms. The first kappa shape index (κ1) is 13.4. The lowest BCUT2D eigenvalue weighted by atomic mass is 10.1. The van der Waals surface area contributed by atoms with Crippen molar-refractivity contribution < 1.29 is 8.78 Å². The molecule has 0 aliphatic heterocycles. The highest BCUT2D eigenvalue weighted by Crippen LogP contribution is 2.35. The van der Waals surface area contributed by atoms with Gasteiger partial charge >= 0.3 is 0 Å². The second kappa shape index (κ2) is 5.33. The van der Waals surface area contributed by atoms with E-state index in [-0.39, 0.29) is 0 Å². The molecule has 0 spiro atoms. The van der Waals surface area contributed by atoms with E-state index in [0.717, 1.165) is 12.0 Å². The second-order valence-corrected chi connectivity index (χ2v) is 5.29. The van der Waals surface area contributed by atoms with Gasteiger partial charge in [0.25, 0.3) is 0 Å². The molecule has 100 valence electrons. The molecule has 2 rings (SSSR count). The summed E-state index contributed by atoms with van der Waals surface area (Å²) >= 11 is 0. The predicted molar refractivity (Wildman–Crippen MR) is 68.1 cm³/mol. The zero-order valence-corrected chi connectivity index (χ0v) is 10.9. The molecule has 0 saturated heterocycles. The van der Waals surface area contributed by atoms with Crippen LogP contribution in [0, 0.1) is 17.6 Å². The molecule has 0 amide bonds. The molecular weight excluding hydrogens is 234 g/mol. The Morgan fingerprint density at radius 1 is 1.39 bits per heavy atom. The average Bonchev–Trinajstić information content (AvgIpc) is 3.11. The fourth-order valence-electron chi connectivity index (χ4n) is 2.32. The van der Waals surface area contributed by atoms with Crippen LogP contribution in [0.4, 0.5) is 8.78 Å². The van der Waals surface area contributed by atoms with E-state index in [1.165, 1.54) is 25.0 Å². The summed E-state index contributed by atoms with van der Waals surface area (Å²) in [6.45, 7) is 2.76. The van der Waals surface area contributed by atoms with Crippen molar-refractivity contribution in [1.82, 2.24) is 4.90 Å². The molecule has 1 aromatic rings. The lowest BCUT2D eigenvalue weighted by Gasteiger charge is -2.27. The van der Waals surface area contributed by atoms with Crippen molar-refractivity contribution in [3.05, 3.63) is 35.4 Å². The third-order valence-corrected chi connectivity index (χ3v) is 3.85. The van der Waals surface area contributed by atoms with Crippen LogP contribution >= 0.6 is 0 Å². The van der Waals surface area contributed by atoms with Gasteiger partial charge in [-0.3, -0.25) is 0 Å². The lowest BCUT2D eigenvalue weighted by molar-refractivity contribution is 0.220. The number of rotatable bonds is 5. The van der Waals surface area contributed by atoms with Gasteiger partial charge in [-0.25, -0.2) is 8.78 Å². The SMILES string of the molecule is CC(C1CC1)N(C)CC(N)c1ccc(F)cc1F. The van der Waals surface area contributed by atoms with Gasteiger partial charge in [-0.2, -0.15) is 0 Å². The smallest absolute Gasteiger partial charge is 0.130 e. The molecule has 1 fully saturated rings. The maximum atomic E-state index is 13.6. The molecule has 0 radical (unpaired) electrons. The highest BCUT2D eigenvalue weighted by Gasteiger charge is 2.31. The monoisotopic (exact) mass is 254 g/mol. The minimum Gasteiger partial charge on any atom is -0.323 e. The molecule has 2 unspecified atom stereocenters. The minimum atomic E-state index is -0.567. The van der Waals surface area contributed by atoms with Crippen LogP contribution in [0.15, 0.2) is 18.2 Å². The van der Waals surface area contributed by atoms with Gasteiger partial charge in [0.05, 0.1) is 0 Å². The Kier molecular flexibility index (Phi) is 3.97. The van der Waals surface area contributed by atoms with Crippen LogP contribution < -0.4 is 5.73 Å². The number of nitrogens with zero attached hydrogens (tertiary/aromatic N) is 1. The van der Waals surface area contributed by atoms with E-state index in [1.54, 1.807) is 0 Å². The van der Waals surface area contributed by atoms with E-state index >= 15 is 0 Å². The van der Waals surface area contributed by atoms with Crippen molar-refractivity contribution in [2.45, 2.75) is 31.8 Å². The van der Waals surface area contributed by atoms with Gasteiger partial charge in [-0.05, 0) is 38.8 Å². The van der Waals surface area contributed by atoms with Gasteiger partial charge in [0.15, 0.2) is 0 Å². The number of likely N-dealkylation sites (N-methyl/N-ethyl adjacent to an activating group) is 1. The lowest BCUT2D eigenvalue weighted by Crippen LogP contribution is -2.37. The van der Waals surface area contributed by atoms with Crippen molar-refractivity contribution >= 4 is 0 Å². The zero-order valence-electron chi connectivity index (χ0n) is 10.9. The summed E-state index contributed by atoms with van der Waals surface area (Å²) in [7, 11) is 2.00. The molecule has 1 saturated carbocycles. The van der Waals surface area contributed by atoms with E-state index in [4.69, 9.17) is 5.73 Å². The van der Waals surface area contributed by atoms with Crippen LogP contribution in [-0.2, 0) is 0 Å². The molecule has 1 aliphatic rings.